The van der Waals surface area contributed by atoms with E-state index in [1.807, 2.05) is 13.0 Å². The number of nitrogens with one attached hydrogen (secondary N) is 2. The minimum absolute atomic E-state index is 0.242. The second kappa shape index (κ2) is 5.83. The topological polar surface area (TPSA) is 97.1 Å². The molecule has 0 aliphatic carbocycles. The number of nitrogens with zero attached hydrogens (tertiary/aromatic N) is 1. The number of amides is 2. The van der Waals surface area contributed by atoms with Crippen LogP contribution in [0.2, 0.25) is 0 Å². The summed E-state index contributed by atoms with van der Waals surface area (Å²) in [4.78, 5) is 25.8. The maximum atomic E-state index is 11.5. The van der Waals surface area contributed by atoms with Crippen molar-refractivity contribution in [2.75, 3.05) is 5.73 Å². The molecule has 1 unspecified atom stereocenters. The number of hydrogen-bond donors (Lipinski definition) is 3. The second-order valence-electron chi connectivity index (χ2n) is 3.70. The van der Waals surface area contributed by atoms with Crippen molar-refractivity contribution in [3.8, 4) is 0 Å². The van der Waals surface area contributed by atoms with Crippen molar-refractivity contribution in [3.05, 3.63) is 23.4 Å². The molecule has 0 saturated heterocycles. The smallest absolute Gasteiger partial charge is 0.242 e. The van der Waals surface area contributed by atoms with Crippen LogP contribution < -0.4 is 16.4 Å². The molecule has 17 heavy (non-hydrogen) atoms. The summed E-state index contributed by atoms with van der Waals surface area (Å²) >= 11 is 0. The van der Waals surface area contributed by atoms with E-state index in [4.69, 9.17) is 5.73 Å². The van der Waals surface area contributed by atoms with Crippen LogP contribution in [-0.4, -0.2) is 23.3 Å². The fourth-order valence-electron chi connectivity index (χ4n) is 1.31. The fraction of sp³-hybridized carbons (Fsp3) is 0.364. The molecule has 2 amide bonds. The van der Waals surface area contributed by atoms with E-state index in [0.717, 1.165) is 11.3 Å². The first kappa shape index (κ1) is 13.0. The molecule has 0 aromatic carbocycles. The minimum atomic E-state index is -0.547. The molecular weight excluding hydrogens is 220 g/mol. The Labute approximate surface area is 99.6 Å². The van der Waals surface area contributed by atoms with E-state index in [1.165, 1.54) is 0 Å². The molecule has 1 aromatic rings. The molecule has 92 valence electrons. The lowest BCUT2D eigenvalue weighted by atomic mass is 10.2. The van der Waals surface area contributed by atoms with Crippen LogP contribution in [0.4, 0.5) is 5.82 Å². The average molecular weight is 236 g/mol. The molecule has 6 heteroatoms. The Morgan fingerprint density at radius 1 is 1.59 bits per heavy atom. The molecule has 0 aliphatic rings. The van der Waals surface area contributed by atoms with Crippen LogP contribution in [0.1, 0.15) is 18.2 Å². The standard InChI is InChI=1S/C11H16N4O2/c1-7-9(3-4-10(12)15-7)5-13-11(17)8(2)14-6-16/h3-4,6,8H,5H2,1-2H3,(H2,12,15)(H,13,17)(H,14,16). The van der Waals surface area contributed by atoms with Gasteiger partial charge in [-0.2, -0.15) is 0 Å². The van der Waals surface area contributed by atoms with E-state index in [9.17, 15) is 9.59 Å². The highest BCUT2D eigenvalue weighted by Gasteiger charge is 2.11. The van der Waals surface area contributed by atoms with Gasteiger partial charge in [-0.15, -0.1) is 0 Å². The maximum absolute atomic E-state index is 11.5. The summed E-state index contributed by atoms with van der Waals surface area (Å²) in [6.45, 7) is 3.80. The van der Waals surface area contributed by atoms with Gasteiger partial charge >= 0.3 is 0 Å². The highest BCUT2D eigenvalue weighted by molar-refractivity contribution is 5.83. The zero-order chi connectivity index (χ0) is 12.8. The van der Waals surface area contributed by atoms with Crippen LogP contribution in [0.15, 0.2) is 12.1 Å². The third-order valence-corrected chi connectivity index (χ3v) is 2.38. The highest BCUT2D eigenvalue weighted by Crippen LogP contribution is 2.07. The molecular formula is C11H16N4O2. The number of anilines is 1. The van der Waals surface area contributed by atoms with Crippen LogP contribution >= 0.6 is 0 Å². The van der Waals surface area contributed by atoms with Crippen molar-refractivity contribution in [1.82, 2.24) is 15.6 Å². The van der Waals surface area contributed by atoms with Crippen LogP contribution in [0.3, 0.4) is 0 Å². The molecule has 0 radical (unpaired) electrons. The van der Waals surface area contributed by atoms with Crippen molar-refractivity contribution in [2.45, 2.75) is 26.4 Å². The molecule has 0 saturated carbocycles. The van der Waals surface area contributed by atoms with Gasteiger partial charge < -0.3 is 16.4 Å². The van der Waals surface area contributed by atoms with Crippen LogP contribution in [0, 0.1) is 6.92 Å². The Kier molecular flexibility index (Phi) is 4.45. The van der Waals surface area contributed by atoms with Crippen LogP contribution in [0.25, 0.3) is 0 Å². The van der Waals surface area contributed by atoms with Gasteiger partial charge in [-0.25, -0.2) is 4.98 Å². The Morgan fingerprint density at radius 3 is 2.88 bits per heavy atom. The lowest BCUT2D eigenvalue weighted by Crippen LogP contribution is -2.41. The zero-order valence-corrected chi connectivity index (χ0v) is 9.86. The quantitative estimate of drug-likeness (QED) is 0.613. The number of aromatic nitrogens is 1. The van der Waals surface area contributed by atoms with Crippen LogP contribution in [0.5, 0.6) is 0 Å². The number of rotatable bonds is 5. The van der Waals surface area contributed by atoms with Gasteiger partial charge in [0.1, 0.15) is 11.9 Å². The first-order valence-electron chi connectivity index (χ1n) is 5.24. The third kappa shape index (κ3) is 3.75. The van der Waals surface area contributed by atoms with E-state index in [-0.39, 0.29) is 5.91 Å². The molecule has 0 spiro atoms. The van der Waals surface area contributed by atoms with Gasteiger partial charge in [0.2, 0.25) is 12.3 Å². The average Bonchev–Trinajstić information content (AvgIpc) is 2.27. The van der Waals surface area contributed by atoms with Crippen molar-refractivity contribution in [3.63, 3.8) is 0 Å². The normalized spacial score (nSPS) is 11.6. The summed E-state index contributed by atoms with van der Waals surface area (Å²) in [6, 6.07) is 2.95. The van der Waals surface area contributed by atoms with Crippen LogP contribution in [-0.2, 0) is 16.1 Å². The van der Waals surface area contributed by atoms with Crippen molar-refractivity contribution < 1.29 is 9.59 Å². The lowest BCUT2D eigenvalue weighted by molar-refractivity contribution is -0.125. The first-order chi connectivity index (χ1) is 8.04. The molecule has 6 nitrogen and oxygen atoms in total. The highest BCUT2D eigenvalue weighted by atomic mass is 16.2. The van der Waals surface area contributed by atoms with E-state index >= 15 is 0 Å². The summed E-state index contributed by atoms with van der Waals surface area (Å²) in [6.07, 6.45) is 0.500. The van der Waals surface area contributed by atoms with Crippen molar-refractivity contribution in [2.24, 2.45) is 0 Å². The Balaban J connectivity index is 2.55. The molecule has 1 rings (SSSR count). The first-order valence-corrected chi connectivity index (χ1v) is 5.24. The van der Waals surface area contributed by atoms with E-state index in [1.54, 1.807) is 13.0 Å². The Bertz CT molecular complexity index is 420. The SMILES string of the molecule is Cc1nc(N)ccc1CNC(=O)C(C)NC=O. The summed E-state index contributed by atoms with van der Waals surface area (Å²) in [5.74, 6) is 0.210. The summed E-state index contributed by atoms with van der Waals surface area (Å²) in [5, 5.41) is 5.08. The number of nitrogens with two attached hydrogens (primary N) is 1. The monoisotopic (exact) mass is 236 g/mol. The van der Waals surface area contributed by atoms with Gasteiger partial charge in [-0.05, 0) is 25.5 Å². The zero-order valence-electron chi connectivity index (χ0n) is 9.86. The van der Waals surface area contributed by atoms with E-state index < -0.39 is 6.04 Å². The summed E-state index contributed by atoms with van der Waals surface area (Å²) in [7, 11) is 0. The molecule has 4 N–H and O–H groups in total. The number of nitrogen functional groups attached to an aromatic ring is 1. The molecule has 0 bridgehead atoms. The predicted octanol–water partition coefficient (Wildman–Crippen LogP) is -0.277. The largest absolute Gasteiger partial charge is 0.384 e. The Morgan fingerprint density at radius 2 is 2.29 bits per heavy atom. The number of hydrogen-bond acceptors (Lipinski definition) is 4. The number of carbonyl (C=O) groups excluding carboxylic acids is 2. The van der Waals surface area contributed by atoms with Gasteiger partial charge in [0.15, 0.2) is 0 Å². The Hall–Kier alpha value is -2.11. The molecule has 1 atom stereocenters. The number of carbonyl (C=O) groups is 2. The predicted molar refractivity (Wildman–Crippen MR) is 63.9 cm³/mol. The van der Waals surface area contributed by atoms with E-state index in [0.29, 0.717) is 18.8 Å². The summed E-state index contributed by atoms with van der Waals surface area (Å²) < 4.78 is 0. The van der Waals surface area contributed by atoms with Gasteiger partial charge in [0.25, 0.3) is 0 Å². The number of pyridine rings is 1. The van der Waals surface area contributed by atoms with Gasteiger partial charge in [0.05, 0.1) is 0 Å². The van der Waals surface area contributed by atoms with E-state index in [2.05, 4.69) is 15.6 Å². The minimum Gasteiger partial charge on any atom is -0.384 e. The molecule has 0 fully saturated rings. The second-order valence-corrected chi connectivity index (χ2v) is 3.70. The fourth-order valence-corrected chi connectivity index (χ4v) is 1.31. The van der Waals surface area contributed by atoms with Gasteiger partial charge in [-0.1, -0.05) is 6.07 Å². The lowest BCUT2D eigenvalue weighted by Gasteiger charge is -2.12. The molecule has 1 aromatic heterocycles. The van der Waals surface area contributed by atoms with Crippen molar-refractivity contribution in [1.29, 1.82) is 0 Å². The number of aryl methyl sites for hydroxylation is 1. The maximum Gasteiger partial charge on any atom is 0.242 e. The van der Waals surface area contributed by atoms with Gasteiger partial charge in [-0.3, -0.25) is 9.59 Å². The van der Waals surface area contributed by atoms with Gasteiger partial charge in [0, 0.05) is 12.2 Å². The molecule has 0 aliphatic heterocycles. The molecule has 1 heterocycles. The summed E-state index contributed by atoms with van der Waals surface area (Å²) in [5.41, 5.74) is 7.20. The van der Waals surface area contributed by atoms with Crippen molar-refractivity contribution >= 4 is 18.1 Å². The third-order valence-electron chi connectivity index (χ3n) is 2.38.